The van der Waals surface area contributed by atoms with E-state index in [0.717, 1.165) is 19.7 Å². The highest BCUT2D eigenvalue weighted by Gasteiger charge is 2.43. The summed E-state index contributed by atoms with van der Waals surface area (Å²) in [6.07, 6.45) is 9.96. The minimum absolute atomic E-state index is 0.272. The molecule has 1 unspecified atom stereocenters. The smallest absolute Gasteiger partial charge is 0.0703 e. The normalized spacial score (nSPS) is 34.7. The molecule has 3 heteroatoms. The molecule has 0 aromatic carbocycles. The number of ether oxygens (including phenoxy) is 1. The van der Waals surface area contributed by atoms with Crippen LogP contribution in [0, 0.1) is 0 Å². The van der Waals surface area contributed by atoms with Crippen LogP contribution in [-0.2, 0) is 4.74 Å². The van der Waals surface area contributed by atoms with Gasteiger partial charge in [0.2, 0.25) is 0 Å². The van der Waals surface area contributed by atoms with Gasteiger partial charge in [-0.05, 0) is 39.5 Å². The molecule has 3 fully saturated rings. The van der Waals surface area contributed by atoms with E-state index < -0.39 is 0 Å². The van der Waals surface area contributed by atoms with E-state index >= 15 is 0 Å². The van der Waals surface area contributed by atoms with Crippen LogP contribution in [0.2, 0.25) is 0 Å². The van der Waals surface area contributed by atoms with E-state index in [1.54, 1.807) is 0 Å². The van der Waals surface area contributed by atoms with E-state index in [1.165, 1.54) is 51.5 Å². The molecule has 3 aliphatic rings. The van der Waals surface area contributed by atoms with Crippen LogP contribution < -0.4 is 5.32 Å². The number of rotatable bonds is 2. The molecule has 0 radical (unpaired) electrons. The lowest BCUT2D eigenvalue weighted by Gasteiger charge is -2.54. The van der Waals surface area contributed by atoms with Gasteiger partial charge < -0.3 is 10.1 Å². The van der Waals surface area contributed by atoms with Crippen molar-refractivity contribution < 1.29 is 4.74 Å². The van der Waals surface area contributed by atoms with Gasteiger partial charge in [-0.1, -0.05) is 19.3 Å². The van der Waals surface area contributed by atoms with Crippen LogP contribution in [-0.4, -0.2) is 48.3 Å². The number of hydrogen-bond donors (Lipinski definition) is 1. The molecule has 0 aromatic rings. The van der Waals surface area contributed by atoms with Crippen molar-refractivity contribution in [3.63, 3.8) is 0 Å². The fourth-order valence-electron chi connectivity index (χ4n) is 4.06. The molecule has 1 spiro atoms. The zero-order chi connectivity index (χ0) is 13.3. The highest BCUT2D eigenvalue weighted by Crippen LogP contribution is 2.35. The third kappa shape index (κ3) is 2.98. The van der Waals surface area contributed by atoms with Gasteiger partial charge in [0, 0.05) is 37.3 Å². The van der Waals surface area contributed by atoms with E-state index in [9.17, 15) is 0 Å². The quantitative estimate of drug-likeness (QED) is 0.831. The van der Waals surface area contributed by atoms with E-state index in [2.05, 4.69) is 24.1 Å². The van der Waals surface area contributed by atoms with E-state index in [1.807, 2.05) is 0 Å². The van der Waals surface area contributed by atoms with Crippen LogP contribution in [0.5, 0.6) is 0 Å². The Hall–Kier alpha value is -0.120. The summed E-state index contributed by atoms with van der Waals surface area (Å²) in [5.41, 5.74) is 0.682. The maximum atomic E-state index is 5.86. The van der Waals surface area contributed by atoms with E-state index in [0.29, 0.717) is 11.6 Å². The van der Waals surface area contributed by atoms with Crippen molar-refractivity contribution in [1.29, 1.82) is 0 Å². The average molecular weight is 266 g/mol. The summed E-state index contributed by atoms with van der Waals surface area (Å²) >= 11 is 0. The Kier molecular flexibility index (Phi) is 3.89. The fourth-order valence-corrected chi connectivity index (χ4v) is 4.06. The van der Waals surface area contributed by atoms with Gasteiger partial charge >= 0.3 is 0 Å². The summed E-state index contributed by atoms with van der Waals surface area (Å²) in [6.45, 7) is 9.22. The minimum atomic E-state index is 0.272. The SMILES string of the molecule is CC1(C)CNC2(CCCCC2)CN1CC1CCCO1. The second kappa shape index (κ2) is 5.34. The summed E-state index contributed by atoms with van der Waals surface area (Å²) in [4.78, 5) is 2.71. The fraction of sp³-hybridized carbons (Fsp3) is 1.00. The Labute approximate surface area is 118 Å². The summed E-state index contributed by atoms with van der Waals surface area (Å²) in [5, 5.41) is 3.90. The predicted octanol–water partition coefficient (Wildman–Crippen LogP) is 2.55. The molecule has 3 rings (SSSR count). The highest BCUT2D eigenvalue weighted by molar-refractivity contribution is 5.03. The van der Waals surface area contributed by atoms with Gasteiger partial charge in [-0.3, -0.25) is 4.90 Å². The van der Waals surface area contributed by atoms with Gasteiger partial charge in [0.25, 0.3) is 0 Å². The zero-order valence-electron chi connectivity index (χ0n) is 12.7. The lowest BCUT2D eigenvalue weighted by Crippen LogP contribution is -2.69. The molecule has 1 N–H and O–H groups in total. The zero-order valence-corrected chi connectivity index (χ0v) is 12.7. The topological polar surface area (TPSA) is 24.5 Å². The first-order valence-corrected chi connectivity index (χ1v) is 8.21. The molecular formula is C16H30N2O. The molecule has 0 bridgehead atoms. The Bertz CT molecular complexity index is 304. The number of piperazine rings is 1. The number of nitrogens with one attached hydrogen (secondary N) is 1. The van der Waals surface area contributed by atoms with Crippen LogP contribution in [0.4, 0.5) is 0 Å². The van der Waals surface area contributed by atoms with Crippen LogP contribution in [0.3, 0.4) is 0 Å². The van der Waals surface area contributed by atoms with Crippen molar-refractivity contribution >= 4 is 0 Å². The highest BCUT2D eigenvalue weighted by atomic mass is 16.5. The standard InChI is InChI=1S/C16H30N2O/c1-15(2)12-17-16(8-4-3-5-9-16)13-18(15)11-14-7-6-10-19-14/h14,17H,3-13H2,1-2H3. The van der Waals surface area contributed by atoms with E-state index in [-0.39, 0.29) is 5.54 Å². The summed E-state index contributed by atoms with van der Waals surface area (Å²) in [5.74, 6) is 0. The van der Waals surface area contributed by atoms with Crippen molar-refractivity contribution in [2.45, 2.75) is 76.0 Å². The van der Waals surface area contributed by atoms with Gasteiger partial charge in [-0.15, -0.1) is 0 Å². The van der Waals surface area contributed by atoms with Crippen LogP contribution in [0.15, 0.2) is 0 Å². The maximum absolute atomic E-state index is 5.86. The first-order valence-electron chi connectivity index (χ1n) is 8.21. The van der Waals surface area contributed by atoms with Crippen molar-refractivity contribution in [3.05, 3.63) is 0 Å². The molecule has 1 saturated carbocycles. The van der Waals surface area contributed by atoms with E-state index in [4.69, 9.17) is 4.74 Å². The molecule has 2 aliphatic heterocycles. The Morgan fingerprint density at radius 2 is 1.95 bits per heavy atom. The van der Waals surface area contributed by atoms with Gasteiger partial charge in [-0.25, -0.2) is 0 Å². The van der Waals surface area contributed by atoms with Crippen LogP contribution in [0.1, 0.15) is 58.8 Å². The second-order valence-corrected chi connectivity index (χ2v) is 7.52. The minimum Gasteiger partial charge on any atom is -0.377 e. The Morgan fingerprint density at radius 1 is 1.16 bits per heavy atom. The number of hydrogen-bond acceptors (Lipinski definition) is 3. The first kappa shape index (κ1) is 13.8. The van der Waals surface area contributed by atoms with Gasteiger partial charge in [-0.2, -0.15) is 0 Å². The average Bonchev–Trinajstić information content (AvgIpc) is 2.89. The lowest BCUT2D eigenvalue weighted by atomic mass is 9.77. The molecule has 1 atom stereocenters. The van der Waals surface area contributed by atoms with Crippen molar-refractivity contribution in [2.75, 3.05) is 26.2 Å². The summed E-state index contributed by atoms with van der Waals surface area (Å²) in [7, 11) is 0. The first-order chi connectivity index (χ1) is 9.10. The molecule has 110 valence electrons. The molecule has 2 saturated heterocycles. The number of nitrogens with zero attached hydrogens (tertiary/aromatic N) is 1. The van der Waals surface area contributed by atoms with Gasteiger partial charge in [0.1, 0.15) is 0 Å². The second-order valence-electron chi connectivity index (χ2n) is 7.52. The maximum Gasteiger partial charge on any atom is 0.0703 e. The Morgan fingerprint density at radius 3 is 2.63 bits per heavy atom. The molecule has 0 aromatic heterocycles. The van der Waals surface area contributed by atoms with Gasteiger partial charge in [0.05, 0.1) is 6.10 Å². The summed E-state index contributed by atoms with van der Waals surface area (Å²) < 4.78 is 5.86. The molecule has 0 amide bonds. The van der Waals surface area contributed by atoms with Crippen molar-refractivity contribution in [3.8, 4) is 0 Å². The molecular weight excluding hydrogens is 236 g/mol. The lowest BCUT2D eigenvalue weighted by molar-refractivity contribution is -0.0236. The third-order valence-electron chi connectivity index (χ3n) is 5.50. The predicted molar refractivity (Wildman–Crippen MR) is 78.4 cm³/mol. The van der Waals surface area contributed by atoms with Crippen molar-refractivity contribution in [1.82, 2.24) is 10.2 Å². The largest absolute Gasteiger partial charge is 0.377 e. The van der Waals surface area contributed by atoms with Crippen LogP contribution >= 0.6 is 0 Å². The monoisotopic (exact) mass is 266 g/mol. The molecule has 19 heavy (non-hydrogen) atoms. The Balaban J connectivity index is 1.67. The third-order valence-corrected chi connectivity index (χ3v) is 5.50. The molecule has 1 aliphatic carbocycles. The van der Waals surface area contributed by atoms with Gasteiger partial charge in [0.15, 0.2) is 0 Å². The molecule has 2 heterocycles. The van der Waals surface area contributed by atoms with Crippen molar-refractivity contribution in [2.24, 2.45) is 0 Å². The summed E-state index contributed by atoms with van der Waals surface area (Å²) in [6, 6.07) is 0. The van der Waals surface area contributed by atoms with Crippen LogP contribution in [0.25, 0.3) is 0 Å². The molecule has 3 nitrogen and oxygen atoms in total.